The number of benzene rings is 1. The minimum atomic E-state index is -0.632. The van der Waals surface area contributed by atoms with Gasteiger partial charge in [-0.3, -0.25) is 9.59 Å². The zero-order valence-electron chi connectivity index (χ0n) is 15.5. The summed E-state index contributed by atoms with van der Waals surface area (Å²) in [4.78, 5) is 26.2. The molecule has 1 aliphatic rings. The average molecular weight is 360 g/mol. The fourth-order valence-electron chi connectivity index (χ4n) is 3.64. The summed E-state index contributed by atoms with van der Waals surface area (Å²) >= 11 is 0. The lowest BCUT2D eigenvalue weighted by Gasteiger charge is -2.23. The van der Waals surface area contributed by atoms with Crippen molar-refractivity contribution in [3.63, 3.8) is 0 Å². The van der Waals surface area contributed by atoms with Crippen molar-refractivity contribution in [2.45, 2.75) is 40.2 Å². The van der Waals surface area contributed by atoms with E-state index in [9.17, 15) is 14.0 Å². The van der Waals surface area contributed by atoms with Gasteiger partial charge in [-0.05, 0) is 42.4 Å². The Labute approximate surface area is 152 Å². The summed E-state index contributed by atoms with van der Waals surface area (Å²) in [7, 11) is 0. The number of nitrogens with zero attached hydrogens (tertiary/aromatic N) is 1. The van der Waals surface area contributed by atoms with Crippen LogP contribution in [-0.2, 0) is 16.1 Å². The number of carbonyl (C=O) groups excluding carboxylic acids is 2. The Bertz CT molecular complexity index is 822. The smallest absolute Gasteiger partial charge is 0.311 e. The summed E-state index contributed by atoms with van der Waals surface area (Å²) in [5.41, 5.74) is 1.41. The summed E-state index contributed by atoms with van der Waals surface area (Å²) in [5.74, 6) is -1.07. The van der Waals surface area contributed by atoms with Crippen LogP contribution in [0.3, 0.4) is 0 Å². The molecule has 0 radical (unpaired) electrons. The van der Waals surface area contributed by atoms with E-state index in [1.807, 2.05) is 0 Å². The van der Waals surface area contributed by atoms with Crippen molar-refractivity contribution < 1.29 is 18.4 Å². The highest BCUT2D eigenvalue weighted by Gasteiger charge is 2.32. The van der Waals surface area contributed by atoms with Crippen molar-refractivity contribution in [3.05, 3.63) is 35.8 Å². The second-order valence-electron chi connectivity index (χ2n) is 8.25. The van der Waals surface area contributed by atoms with Gasteiger partial charge in [-0.15, -0.1) is 0 Å². The highest BCUT2D eigenvalue weighted by atomic mass is 19.1. The molecule has 1 N–H and O–H groups in total. The molecule has 2 amide bonds. The first-order chi connectivity index (χ1) is 12.2. The van der Waals surface area contributed by atoms with Gasteiger partial charge in [0.25, 0.3) is 0 Å². The first kappa shape index (κ1) is 18.4. The zero-order valence-corrected chi connectivity index (χ0v) is 15.5. The molecule has 1 aromatic heterocycles. The molecule has 26 heavy (non-hydrogen) atoms. The number of halogens is 1. The van der Waals surface area contributed by atoms with E-state index >= 15 is 0 Å². The van der Waals surface area contributed by atoms with Crippen molar-refractivity contribution in [1.82, 2.24) is 10.2 Å². The minimum Gasteiger partial charge on any atom is -0.464 e. The van der Waals surface area contributed by atoms with Gasteiger partial charge >= 0.3 is 11.8 Å². The van der Waals surface area contributed by atoms with E-state index < -0.39 is 11.8 Å². The van der Waals surface area contributed by atoms with E-state index in [-0.39, 0.29) is 17.8 Å². The Balaban J connectivity index is 1.56. The highest BCUT2D eigenvalue weighted by molar-refractivity contribution is 6.35. The van der Waals surface area contributed by atoms with Crippen LogP contribution in [0.5, 0.6) is 0 Å². The quantitative estimate of drug-likeness (QED) is 0.853. The Morgan fingerprint density at radius 3 is 2.85 bits per heavy atom. The number of carbonyl (C=O) groups is 2. The summed E-state index contributed by atoms with van der Waals surface area (Å²) in [6.07, 6.45) is 3.44. The number of hydrogen-bond donors (Lipinski definition) is 1. The van der Waals surface area contributed by atoms with Crippen LogP contribution in [0.15, 0.2) is 28.9 Å². The molecule has 6 heteroatoms. The lowest BCUT2D eigenvalue weighted by atomic mass is 9.84. The molecule has 2 heterocycles. The average Bonchev–Trinajstić information content (AvgIpc) is 3.17. The fourth-order valence-corrected chi connectivity index (χ4v) is 3.64. The van der Waals surface area contributed by atoms with Crippen molar-refractivity contribution in [2.75, 3.05) is 13.1 Å². The van der Waals surface area contributed by atoms with E-state index in [1.165, 1.54) is 18.4 Å². The molecular weight excluding hydrogens is 335 g/mol. The van der Waals surface area contributed by atoms with Gasteiger partial charge < -0.3 is 14.6 Å². The van der Waals surface area contributed by atoms with Gasteiger partial charge in [0.2, 0.25) is 0 Å². The highest BCUT2D eigenvalue weighted by Crippen LogP contribution is 2.30. The first-order valence-corrected chi connectivity index (χ1v) is 8.96. The van der Waals surface area contributed by atoms with Crippen molar-refractivity contribution in [3.8, 4) is 0 Å². The van der Waals surface area contributed by atoms with Crippen molar-refractivity contribution in [1.29, 1.82) is 0 Å². The van der Waals surface area contributed by atoms with E-state index in [2.05, 4.69) is 26.1 Å². The van der Waals surface area contributed by atoms with Gasteiger partial charge in [0, 0.05) is 30.6 Å². The molecule has 140 valence electrons. The van der Waals surface area contributed by atoms with Crippen LogP contribution in [0, 0.1) is 17.2 Å². The Hall–Kier alpha value is -2.37. The van der Waals surface area contributed by atoms with Crippen molar-refractivity contribution in [2.24, 2.45) is 11.3 Å². The van der Waals surface area contributed by atoms with Crippen LogP contribution in [0.2, 0.25) is 0 Å². The molecule has 0 saturated carbocycles. The molecule has 5 nitrogen and oxygen atoms in total. The molecule has 1 fully saturated rings. The standard InChI is InChI=1S/C20H25FN2O3/c1-20(2,3)9-13-6-7-23(11-13)19(25)18(24)22-10-14-12-26-17-5-4-15(21)8-16(14)17/h4-5,8,12-13H,6-7,9-11H2,1-3H3,(H,22,24). The molecule has 2 aromatic rings. The SMILES string of the molecule is CC(C)(C)CC1CCN(C(=O)C(=O)NCc2coc3ccc(F)cc23)C1. The van der Waals surface area contributed by atoms with Gasteiger partial charge in [-0.2, -0.15) is 0 Å². The van der Waals surface area contributed by atoms with Crippen LogP contribution >= 0.6 is 0 Å². The minimum absolute atomic E-state index is 0.125. The Morgan fingerprint density at radius 2 is 2.12 bits per heavy atom. The molecule has 1 unspecified atom stereocenters. The number of rotatable bonds is 3. The van der Waals surface area contributed by atoms with E-state index in [0.29, 0.717) is 35.5 Å². The summed E-state index contributed by atoms with van der Waals surface area (Å²) in [5, 5.41) is 3.22. The number of likely N-dealkylation sites (tertiary alicyclic amines) is 1. The Morgan fingerprint density at radius 1 is 1.35 bits per heavy atom. The lowest BCUT2D eigenvalue weighted by Crippen LogP contribution is -2.41. The number of hydrogen-bond acceptors (Lipinski definition) is 3. The van der Waals surface area contributed by atoms with Crippen LogP contribution in [0.4, 0.5) is 4.39 Å². The second kappa shape index (κ2) is 7.09. The van der Waals surface area contributed by atoms with Crippen molar-refractivity contribution >= 4 is 22.8 Å². The molecule has 0 aliphatic carbocycles. The van der Waals surface area contributed by atoms with Crippen LogP contribution in [0.25, 0.3) is 11.0 Å². The normalized spacial score (nSPS) is 17.7. The fraction of sp³-hybridized carbons (Fsp3) is 0.500. The van der Waals surface area contributed by atoms with Crippen LogP contribution < -0.4 is 5.32 Å². The molecule has 0 spiro atoms. The maximum absolute atomic E-state index is 13.4. The third-order valence-corrected chi connectivity index (χ3v) is 4.72. The van der Waals surface area contributed by atoms with Crippen LogP contribution in [-0.4, -0.2) is 29.8 Å². The largest absolute Gasteiger partial charge is 0.464 e. The van der Waals surface area contributed by atoms with E-state index in [1.54, 1.807) is 11.0 Å². The van der Waals surface area contributed by atoms with Crippen LogP contribution in [0.1, 0.15) is 39.2 Å². The molecule has 1 aromatic carbocycles. The second-order valence-corrected chi connectivity index (χ2v) is 8.25. The maximum Gasteiger partial charge on any atom is 0.311 e. The number of amides is 2. The zero-order chi connectivity index (χ0) is 18.9. The summed E-state index contributed by atoms with van der Waals surface area (Å²) < 4.78 is 18.7. The Kier molecular flexibility index (Phi) is 5.03. The van der Waals surface area contributed by atoms with Gasteiger partial charge in [0.05, 0.1) is 6.26 Å². The number of nitrogens with one attached hydrogen (secondary N) is 1. The third kappa shape index (κ3) is 4.23. The predicted octanol–water partition coefficient (Wildman–Crippen LogP) is 3.47. The molecule has 1 atom stereocenters. The van der Waals surface area contributed by atoms with E-state index in [4.69, 9.17) is 4.42 Å². The lowest BCUT2D eigenvalue weighted by molar-refractivity contribution is -0.145. The van der Waals surface area contributed by atoms with Gasteiger partial charge in [-0.25, -0.2) is 4.39 Å². The monoisotopic (exact) mass is 360 g/mol. The molecule has 1 aliphatic heterocycles. The molecule has 1 saturated heterocycles. The predicted molar refractivity (Wildman–Crippen MR) is 96.8 cm³/mol. The third-order valence-electron chi connectivity index (χ3n) is 4.72. The van der Waals surface area contributed by atoms with E-state index in [0.717, 1.165) is 12.8 Å². The van der Waals surface area contributed by atoms with Gasteiger partial charge in [0.1, 0.15) is 11.4 Å². The van der Waals surface area contributed by atoms with Gasteiger partial charge in [0.15, 0.2) is 0 Å². The topological polar surface area (TPSA) is 62.6 Å². The molecule has 3 rings (SSSR count). The maximum atomic E-state index is 13.4. The number of fused-ring (bicyclic) bond motifs is 1. The summed E-state index contributed by atoms with van der Waals surface area (Å²) in [6.45, 7) is 7.92. The number of furan rings is 1. The first-order valence-electron chi connectivity index (χ1n) is 8.96. The summed E-state index contributed by atoms with van der Waals surface area (Å²) in [6, 6.07) is 4.22. The van der Waals surface area contributed by atoms with Gasteiger partial charge in [-0.1, -0.05) is 20.8 Å². The molecule has 0 bridgehead atoms. The molecular formula is C20H25FN2O3.